The lowest BCUT2D eigenvalue weighted by molar-refractivity contribution is 0.182. The van der Waals surface area contributed by atoms with Crippen molar-refractivity contribution in [1.82, 2.24) is 14.7 Å². The number of thiophene rings is 1. The molecule has 3 aromatic rings. The quantitative estimate of drug-likeness (QED) is 0.689. The Kier molecular flexibility index (Phi) is 4.46. The molecule has 0 saturated heterocycles. The first-order chi connectivity index (χ1) is 12.5. The number of hydrogen-bond donors (Lipinski definition) is 1. The lowest BCUT2D eigenvalue weighted by Gasteiger charge is -2.33. The lowest BCUT2D eigenvalue weighted by Crippen LogP contribution is -2.44. The van der Waals surface area contributed by atoms with Crippen molar-refractivity contribution >= 4 is 34.7 Å². The van der Waals surface area contributed by atoms with E-state index in [1.54, 1.807) is 23.5 Å². The largest absolute Gasteiger partial charge is 0.322 e. The number of nitrogens with zero attached hydrogens (tertiary/aromatic N) is 3. The summed E-state index contributed by atoms with van der Waals surface area (Å²) in [6.45, 7) is 2.60. The van der Waals surface area contributed by atoms with Gasteiger partial charge >= 0.3 is 6.03 Å². The van der Waals surface area contributed by atoms with Gasteiger partial charge in [0.05, 0.1) is 22.8 Å². The molecule has 3 heterocycles. The second-order valence-electron chi connectivity index (χ2n) is 6.50. The van der Waals surface area contributed by atoms with Gasteiger partial charge in [0.25, 0.3) is 0 Å². The maximum Gasteiger partial charge on any atom is 0.322 e. The zero-order valence-electron chi connectivity index (χ0n) is 14.6. The van der Waals surface area contributed by atoms with Gasteiger partial charge in [0.2, 0.25) is 0 Å². The second-order valence-corrected chi connectivity index (χ2v) is 7.88. The van der Waals surface area contributed by atoms with Crippen molar-refractivity contribution in [2.24, 2.45) is 7.05 Å². The van der Waals surface area contributed by atoms with E-state index in [2.05, 4.69) is 23.7 Å². The van der Waals surface area contributed by atoms with Crippen LogP contribution in [-0.2, 0) is 20.0 Å². The molecule has 1 atom stereocenters. The minimum absolute atomic E-state index is 0.0766. The summed E-state index contributed by atoms with van der Waals surface area (Å²) in [4.78, 5) is 15.9. The number of urea groups is 1. The highest BCUT2D eigenvalue weighted by Gasteiger charge is 2.32. The highest BCUT2D eigenvalue weighted by molar-refractivity contribution is 7.13. The van der Waals surface area contributed by atoms with E-state index in [9.17, 15) is 4.79 Å². The first-order valence-corrected chi connectivity index (χ1v) is 9.70. The molecule has 0 saturated carbocycles. The van der Waals surface area contributed by atoms with Crippen LogP contribution in [0.15, 0.2) is 41.8 Å². The fourth-order valence-electron chi connectivity index (χ4n) is 3.42. The minimum Gasteiger partial charge on any atom is -0.317 e. The van der Waals surface area contributed by atoms with E-state index in [1.165, 1.54) is 4.88 Å². The molecule has 1 aromatic carbocycles. The summed E-state index contributed by atoms with van der Waals surface area (Å²) in [6, 6.07) is 11.3. The molecule has 134 valence electrons. The van der Waals surface area contributed by atoms with Crippen LogP contribution >= 0.6 is 22.9 Å². The minimum atomic E-state index is -0.119. The molecule has 0 radical (unpaired) electrons. The van der Waals surface area contributed by atoms with Crippen molar-refractivity contribution in [3.63, 3.8) is 0 Å². The van der Waals surface area contributed by atoms with Gasteiger partial charge in [0.1, 0.15) is 0 Å². The summed E-state index contributed by atoms with van der Waals surface area (Å²) < 4.78 is 1.93. The fraction of sp³-hybridized carbons (Fsp3) is 0.263. The number of amides is 2. The van der Waals surface area contributed by atoms with E-state index in [-0.39, 0.29) is 12.1 Å². The van der Waals surface area contributed by atoms with E-state index in [0.717, 1.165) is 23.4 Å². The average molecular weight is 387 g/mol. The predicted molar refractivity (Wildman–Crippen MR) is 106 cm³/mol. The van der Waals surface area contributed by atoms with Gasteiger partial charge in [0.15, 0.2) is 0 Å². The number of benzene rings is 1. The SMILES string of the molecule is C[C@H]1Cc2nn(C)c(-c3cccs3)c2CN1C(=O)Nc1cccc(Cl)c1. The van der Waals surface area contributed by atoms with Gasteiger partial charge in [-0.1, -0.05) is 23.7 Å². The van der Waals surface area contributed by atoms with Crippen LogP contribution in [0.1, 0.15) is 18.2 Å². The molecule has 5 nitrogen and oxygen atoms in total. The lowest BCUT2D eigenvalue weighted by atomic mass is 9.99. The third-order valence-electron chi connectivity index (χ3n) is 4.67. The zero-order chi connectivity index (χ0) is 18.3. The van der Waals surface area contributed by atoms with Crippen LogP contribution in [0.3, 0.4) is 0 Å². The van der Waals surface area contributed by atoms with Crippen molar-refractivity contribution in [2.45, 2.75) is 25.9 Å². The summed E-state index contributed by atoms with van der Waals surface area (Å²) >= 11 is 7.70. The smallest absolute Gasteiger partial charge is 0.317 e. The monoisotopic (exact) mass is 386 g/mol. The molecular weight excluding hydrogens is 368 g/mol. The summed E-state index contributed by atoms with van der Waals surface area (Å²) in [6.07, 6.45) is 0.748. The van der Waals surface area contributed by atoms with Gasteiger partial charge < -0.3 is 10.2 Å². The van der Waals surface area contributed by atoms with Crippen molar-refractivity contribution in [3.05, 3.63) is 58.1 Å². The van der Waals surface area contributed by atoms with Gasteiger partial charge in [0, 0.05) is 35.8 Å². The van der Waals surface area contributed by atoms with Crippen LogP contribution in [0.2, 0.25) is 5.02 Å². The number of carbonyl (C=O) groups excluding carboxylic acids is 1. The van der Waals surface area contributed by atoms with Crippen LogP contribution in [0, 0.1) is 0 Å². The summed E-state index contributed by atoms with van der Waals surface area (Å²) in [5, 5.41) is 10.3. The number of rotatable bonds is 2. The Hall–Kier alpha value is -2.31. The van der Waals surface area contributed by atoms with Crippen LogP contribution < -0.4 is 5.32 Å². The number of hydrogen-bond acceptors (Lipinski definition) is 3. The van der Waals surface area contributed by atoms with Crippen LogP contribution in [0.5, 0.6) is 0 Å². The van der Waals surface area contributed by atoms with E-state index in [0.29, 0.717) is 17.3 Å². The number of nitrogens with one attached hydrogen (secondary N) is 1. The van der Waals surface area contributed by atoms with Crippen molar-refractivity contribution in [2.75, 3.05) is 5.32 Å². The molecule has 0 fully saturated rings. The normalized spacial score (nSPS) is 16.4. The Morgan fingerprint density at radius 1 is 1.35 bits per heavy atom. The molecule has 2 amide bonds. The molecule has 7 heteroatoms. The van der Waals surface area contributed by atoms with Gasteiger partial charge in [-0.2, -0.15) is 5.10 Å². The Bertz CT molecular complexity index is 951. The van der Waals surface area contributed by atoms with Gasteiger partial charge in [-0.3, -0.25) is 4.68 Å². The van der Waals surface area contributed by atoms with E-state index in [4.69, 9.17) is 16.7 Å². The zero-order valence-corrected chi connectivity index (χ0v) is 16.1. The van der Waals surface area contributed by atoms with Crippen LogP contribution in [0.4, 0.5) is 10.5 Å². The summed E-state index contributed by atoms with van der Waals surface area (Å²) in [5.74, 6) is 0. The molecule has 4 rings (SSSR count). The van der Waals surface area contributed by atoms with Gasteiger partial charge in [-0.25, -0.2) is 4.79 Å². The topological polar surface area (TPSA) is 50.2 Å². The highest BCUT2D eigenvalue weighted by Crippen LogP contribution is 2.34. The molecule has 1 N–H and O–H groups in total. The molecule has 0 bridgehead atoms. The molecule has 0 spiro atoms. The fourth-order valence-corrected chi connectivity index (χ4v) is 4.44. The Balaban J connectivity index is 1.62. The maximum atomic E-state index is 12.9. The van der Waals surface area contributed by atoms with E-state index < -0.39 is 0 Å². The standard InChI is InChI=1S/C19H19ClN4OS/c1-12-9-16-15(18(23(2)22-16)17-7-4-8-26-17)11-24(12)19(25)21-14-6-3-5-13(20)10-14/h3-8,10,12H,9,11H2,1-2H3,(H,21,25)/t12-/m0/s1. The van der Waals surface area contributed by atoms with Crippen LogP contribution in [-0.4, -0.2) is 26.8 Å². The summed E-state index contributed by atoms with van der Waals surface area (Å²) in [7, 11) is 1.97. The predicted octanol–water partition coefficient (Wildman–Crippen LogP) is 4.78. The van der Waals surface area contributed by atoms with E-state index in [1.807, 2.05) is 34.8 Å². The third kappa shape index (κ3) is 3.10. The first kappa shape index (κ1) is 17.1. The average Bonchev–Trinajstić information content (AvgIpc) is 3.20. The number of fused-ring (bicyclic) bond motifs is 1. The van der Waals surface area contributed by atoms with Gasteiger partial charge in [-0.05, 0) is 36.6 Å². The molecule has 2 aromatic heterocycles. The molecule has 1 aliphatic heterocycles. The number of anilines is 1. The molecular formula is C19H19ClN4OS. The van der Waals surface area contributed by atoms with Crippen molar-refractivity contribution in [3.8, 4) is 10.6 Å². The second kappa shape index (κ2) is 6.78. The molecule has 1 aliphatic rings. The Morgan fingerprint density at radius 3 is 2.92 bits per heavy atom. The highest BCUT2D eigenvalue weighted by atomic mass is 35.5. The molecule has 0 unspecified atom stereocenters. The summed E-state index contributed by atoms with van der Waals surface area (Å²) in [5.41, 5.74) is 4.01. The van der Waals surface area contributed by atoms with Gasteiger partial charge in [-0.15, -0.1) is 11.3 Å². The molecule has 0 aliphatic carbocycles. The number of halogens is 1. The number of aryl methyl sites for hydroxylation is 1. The molecule has 26 heavy (non-hydrogen) atoms. The Morgan fingerprint density at radius 2 is 2.19 bits per heavy atom. The van der Waals surface area contributed by atoms with E-state index >= 15 is 0 Å². The van der Waals surface area contributed by atoms with Crippen LogP contribution in [0.25, 0.3) is 10.6 Å². The third-order valence-corrected chi connectivity index (χ3v) is 5.78. The Labute approximate surface area is 161 Å². The number of aromatic nitrogens is 2. The number of carbonyl (C=O) groups is 1. The van der Waals surface area contributed by atoms with Crippen molar-refractivity contribution < 1.29 is 4.79 Å². The maximum absolute atomic E-state index is 12.9. The first-order valence-electron chi connectivity index (χ1n) is 8.44. The van der Waals surface area contributed by atoms with Crippen molar-refractivity contribution in [1.29, 1.82) is 0 Å².